The molecular formula is C17H21N3OS2. The number of nitrogens with zero attached hydrogens (tertiary/aromatic N) is 3. The average Bonchev–Trinajstić information content (AvgIpc) is 3.09. The zero-order chi connectivity index (χ0) is 15.9. The minimum Gasteiger partial charge on any atom is -0.343 e. The highest BCUT2D eigenvalue weighted by Crippen LogP contribution is 2.24. The first-order valence-corrected chi connectivity index (χ1v) is 10.1. The van der Waals surface area contributed by atoms with Gasteiger partial charge in [0.25, 0.3) is 0 Å². The van der Waals surface area contributed by atoms with Gasteiger partial charge in [0, 0.05) is 42.6 Å². The maximum absolute atomic E-state index is 12.1. The van der Waals surface area contributed by atoms with Crippen LogP contribution in [0.15, 0.2) is 29.8 Å². The van der Waals surface area contributed by atoms with E-state index in [1.165, 1.54) is 6.42 Å². The van der Waals surface area contributed by atoms with E-state index in [1.54, 1.807) is 29.3 Å². The minimum atomic E-state index is 0.310. The van der Waals surface area contributed by atoms with Crippen molar-refractivity contribution in [2.24, 2.45) is 0 Å². The molecule has 23 heavy (non-hydrogen) atoms. The molecule has 0 saturated carbocycles. The molecule has 1 aliphatic rings. The normalized spacial score (nSPS) is 14.9. The standard InChI is InChI=1S/C17H21N3OS2/c21-16(20-9-4-1-5-10-20)7-11-22-12-14-13-23-17(19-14)15-6-2-3-8-18-15/h2-3,6,8,13H,1,4-5,7,9-12H2. The van der Waals surface area contributed by atoms with Gasteiger partial charge >= 0.3 is 0 Å². The van der Waals surface area contributed by atoms with Crippen LogP contribution in [0.4, 0.5) is 0 Å². The zero-order valence-corrected chi connectivity index (χ0v) is 14.7. The van der Waals surface area contributed by atoms with Gasteiger partial charge in [-0.1, -0.05) is 6.07 Å². The van der Waals surface area contributed by atoms with E-state index in [0.717, 1.165) is 53.8 Å². The van der Waals surface area contributed by atoms with Crippen LogP contribution in [0.2, 0.25) is 0 Å². The highest BCUT2D eigenvalue weighted by Gasteiger charge is 2.15. The van der Waals surface area contributed by atoms with Crippen LogP contribution in [0, 0.1) is 0 Å². The Labute approximate surface area is 145 Å². The van der Waals surface area contributed by atoms with Crippen molar-refractivity contribution in [1.29, 1.82) is 0 Å². The number of hydrogen-bond donors (Lipinski definition) is 0. The summed E-state index contributed by atoms with van der Waals surface area (Å²) in [5.74, 6) is 2.03. The zero-order valence-electron chi connectivity index (χ0n) is 13.1. The van der Waals surface area contributed by atoms with Crippen LogP contribution in [0.5, 0.6) is 0 Å². The fourth-order valence-electron chi connectivity index (χ4n) is 2.62. The van der Waals surface area contributed by atoms with E-state index >= 15 is 0 Å². The van der Waals surface area contributed by atoms with Crippen molar-refractivity contribution in [3.8, 4) is 10.7 Å². The van der Waals surface area contributed by atoms with Crippen LogP contribution in [0.3, 0.4) is 0 Å². The lowest BCUT2D eigenvalue weighted by atomic mass is 10.1. The van der Waals surface area contributed by atoms with Crippen LogP contribution in [-0.4, -0.2) is 39.6 Å². The second kappa shape index (κ2) is 8.45. The van der Waals surface area contributed by atoms with Crippen molar-refractivity contribution in [3.63, 3.8) is 0 Å². The topological polar surface area (TPSA) is 46.1 Å². The first-order chi connectivity index (χ1) is 11.3. The Morgan fingerprint density at radius 1 is 1.26 bits per heavy atom. The van der Waals surface area contributed by atoms with Crippen molar-refractivity contribution in [1.82, 2.24) is 14.9 Å². The quantitative estimate of drug-likeness (QED) is 0.745. The van der Waals surface area contributed by atoms with E-state index in [9.17, 15) is 4.79 Å². The summed E-state index contributed by atoms with van der Waals surface area (Å²) in [5, 5.41) is 3.05. The van der Waals surface area contributed by atoms with Gasteiger partial charge in [0.2, 0.25) is 5.91 Å². The minimum absolute atomic E-state index is 0.310. The molecule has 3 heterocycles. The number of carbonyl (C=O) groups excluding carboxylic acids is 1. The molecule has 6 heteroatoms. The summed E-state index contributed by atoms with van der Waals surface area (Å²) < 4.78 is 0. The Kier molecular flexibility index (Phi) is 6.05. The first kappa shape index (κ1) is 16.5. The molecule has 0 spiro atoms. The highest BCUT2D eigenvalue weighted by molar-refractivity contribution is 7.98. The number of carbonyl (C=O) groups is 1. The van der Waals surface area contributed by atoms with E-state index in [1.807, 2.05) is 23.1 Å². The van der Waals surface area contributed by atoms with Gasteiger partial charge in [-0.2, -0.15) is 11.8 Å². The number of piperidine rings is 1. The van der Waals surface area contributed by atoms with E-state index in [2.05, 4.69) is 15.3 Å². The molecule has 0 N–H and O–H groups in total. The summed E-state index contributed by atoms with van der Waals surface area (Å²) in [5.41, 5.74) is 2.00. The Hall–Kier alpha value is -1.40. The third-order valence-electron chi connectivity index (χ3n) is 3.85. The summed E-state index contributed by atoms with van der Waals surface area (Å²) in [6, 6.07) is 5.87. The average molecular weight is 348 g/mol. The number of pyridine rings is 1. The lowest BCUT2D eigenvalue weighted by Crippen LogP contribution is -2.35. The Balaban J connectivity index is 1.41. The molecule has 2 aromatic heterocycles. The Morgan fingerprint density at radius 2 is 2.13 bits per heavy atom. The summed E-state index contributed by atoms with van der Waals surface area (Å²) in [4.78, 5) is 23.1. The maximum Gasteiger partial charge on any atom is 0.223 e. The van der Waals surface area contributed by atoms with Gasteiger partial charge in [0.15, 0.2) is 0 Å². The highest BCUT2D eigenvalue weighted by atomic mass is 32.2. The van der Waals surface area contributed by atoms with Crippen LogP contribution in [0.1, 0.15) is 31.4 Å². The molecule has 2 aromatic rings. The van der Waals surface area contributed by atoms with E-state index < -0.39 is 0 Å². The molecule has 122 valence electrons. The van der Waals surface area contributed by atoms with E-state index in [4.69, 9.17) is 0 Å². The van der Waals surface area contributed by atoms with Gasteiger partial charge in [-0.25, -0.2) is 4.98 Å². The number of hydrogen-bond acceptors (Lipinski definition) is 5. The summed E-state index contributed by atoms with van der Waals surface area (Å²) >= 11 is 3.41. The molecule has 4 nitrogen and oxygen atoms in total. The van der Waals surface area contributed by atoms with Gasteiger partial charge in [-0.05, 0) is 31.4 Å². The second-order valence-electron chi connectivity index (χ2n) is 5.60. The fourth-order valence-corrected chi connectivity index (χ4v) is 4.34. The lowest BCUT2D eigenvalue weighted by Gasteiger charge is -2.26. The molecule has 0 aliphatic carbocycles. The molecule has 3 rings (SSSR count). The molecule has 0 radical (unpaired) electrons. The number of amides is 1. The molecule has 1 aliphatic heterocycles. The smallest absolute Gasteiger partial charge is 0.223 e. The largest absolute Gasteiger partial charge is 0.343 e. The molecule has 0 unspecified atom stereocenters. The molecule has 1 saturated heterocycles. The number of likely N-dealkylation sites (tertiary alicyclic amines) is 1. The Bertz CT molecular complexity index is 624. The van der Waals surface area contributed by atoms with Crippen molar-refractivity contribution >= 4 is 29.0 Å². The number of thioether (sulfide) groups is 1. The van der Waals surface area contributed by atoms with Crippen molar-refractivity contribution < 1.29 is 4.79 Å². The summed E-state index contributed by atoms with van der Waals surface area (Å²) in [6.07, 6.45) is 6.02. The molecule has 1 amide bonds. The number of rotatable bonds is 6. The van der Waals surface area contributed by atoms with Gasteiger partial charge in [0.05, 0.1) is 11.4 Å². The predicted octanol–water partition coefficient (Wildman–Crippen LogP) is 3.84. The predicted molar refractivity (Wildman–Crippen MR) is 96.6 cm³/mol. The van der Waals surface area contributed by atoms with Crippen molar-refractivity contribution in [3.05, 3.63) is 35.5 Å². The molecule has 0 aromatic carbocycles. The SMILES string of the molecule is O=C(CCSCc1csc(-c2ccccn2)n1)N1CCCCC1. The molecule has 0 atom stereocenters. The summed E-state index contributed by atoms with van der Waals surface area (Å²) in [6.45, 7) is 1.89. The van der Waals surface area contributed by atoms with Gasteiger partial charge in [-0.15, -0.1) is 11.3 Å². The van der Waals surface area contributed by atoms with Crippen LogP contribution in [-0.2, 0) is 10.5 Å². The van der Waals surface area contributed by atoms with Crippen LogP contribution < -0.4 is 0 Å². The second-order valence-corrected chi connectivity index (χ2v) is 7.57. The van der Waals surface area contributed by atoms with Crippen molar-refractivity contribution in [2.75, 3.05) is 18.8 Å². The number of thiazole rings is 1. The molecular weight excluding hydrogens is 326 g/mol. The lowest BCUT2D eigenvalue weighted by molar-refractivity contribution is -0.131. The van der Waals surface area contributed by atoms with Crippen LogP contribution >= 0.6 is 23.1 Å². The fraction of sp³-hybridized carbons (Fsp3) is 0.471. The number of aromatic nitrogens is 2. The summed E-state index contributed by atoms with van der Waals surface area (Å²) in [7, 11) is 0. The van der Waals surface area contributed by atoms with E-state index in [-0.39, 0.29) is 0 Å². The van der Waals surface area contributed by atoms with Gasteiger partial charge < -0.3 is 4.90 Å². The van der Waals surface area contributed by atoms with Gasteiger partial charge in [0.1, 0.15) is 5.01 Å². The van der Waals surface area contributed by atoms with Crippen LogP contribution in [0.25, 0.3) is 10.7 Å². The maximum atomic E-state index is 12.1. The monoisotopic (exact) mass is 347 g/mol. The first-order valence-electron chi connectivity index (χ1n) is 8.04. The van der Waals surface area contributed by atoms with E-state index in [0.29, 0.717) is 12.3 Å². The third-order valence-corrected chi connectivity index (χ3v) is 5.76. The molecule has 0 bridgehead atoms. The molecule has 1 fully saturated rings. The Morgan fingerprint density at radius 3 is 2.91 bits per heavy atom. The van der Waals surface area contributed by atoms with Gasteiger partial charge in [-0.3, -0.25) is 9.78 Å². The van der Waals surface area contributed by atoms with Crippen molar-refractivity contribution in [2.45, 2.75) is 31.4 Å². The third kappa shape index (κ3) is 4.78.